The van der Waals surface area contributed by atoms with E-state index in [-0.39, 0.29) is 17.3 Å². The second-order valence-electron chi connectivity index (χ2n) is 5.99. The molecule has 0 saturated heterocycles. The first-order valence-electron chi connectivity index (χ1n) is 5.95. The van der Waals surface area contributed by atoms with Gasteiger partial charge in [-0.2, -0.15) is 8.78 Å². The highest BCUT2D eigenvalue weighted by molar-refractivity contribution is 5.84. The molecule has 2 rings (SSSR count). The fourth-order valence-electron chi connectivity index (χ4n) is 3.31. The molecule has 2 bridgehead atoms. The Morgan fingerprint density at radius 3 is 2.59 bits per heavy atom. The van der Waals surface area contributed by atoms with Crippen molar-refractivity contribution in [2.24, 2.45) is 17.3 Å². The number of rotatable bonds is 3. The lowest BCUT2D eigenvalue weighted by molar-refractivity contribution is -0.155. The number of aliphatic hydroxyl groups excluding tert-OH is 1. The molecule has 96 valence electrons. The summed E-state index contributed by atoms with van der Waals surface area (Å²) in [7, 11) is 0. The molecule has 0 aromatic carbocycles. The first-order valence-corrected chi connectivity index (χ1v) is 5.95. The van der Waals surface area contributed by atoms with Crippen molar-refractivity contribution in [1.82, 2.24) is 0 Å². The normalized spacial score (nSPS) is 32.5. The molecule has 17 heavy (non-hydrogen) atoms. The third-order valence-corrected chi connectivity index (χ3v) is 4.23. The lowest BCUT2D eigenvalue weighted by Crippen LogP contribution is -2.43. The maximum Gasteiger partial charge on any atom is 0.333 e. The van der Waals surface area contributed by atoms with Gasteiger partial charge in [0.1, 0.15) is 6.10 Å². The van der Waals surface area contributed by atoms with Gasteiger partial charge in [-0.05, 0) is 35.7 Å². The van der Waals surface area contributed by atoms with E-state index in [0.717, 1.165) is 19.8 Å². The van der Waals surface area contributed by atoms with Crippen LogP contribution < -0.4 is 0 Å². The zero-order chi connectivity index (χ0) is 13.0. The highest BCUT2D eigenvalue weighted by Gasteiger charge is 2.54. The zero-order valence-electron chi connectivity index (χ0n) is 10.3. The van der Waals surface area contributed by atoms with Crippen molar-refractivity contribution in [3.8, 4) is 0 Å². The number of aliphatic hydroxyl groups is 1. The molecule has 0 amide bonds. The minimum absolute atomic E-state index is 0.0206. The molecular weight excluding hydrogens is 226 g/mol. The molecule has 1 saturated carbocycles. The lowest BCUT2D eigenvalue weighted by atomic mass is 9.73. The van der Waals surface area contributed by atoms with Gasteiger partial charge in [0.05, 0.1) is 0 Å². The molecule has 0 spiro atoms. The van der Waals surface area contributed by atoms with E-state index in [9.17, 15) is 18.7 Å². The van der Waals surface area contributed by atoms with Crippen LogP contribution in [0.4, 0.5) is 8.78 Å². The maximum absolute atomic E-state index is 13.5. The maximum atomic E-state index is 13.5. The van der Waals surface area contributed by atoms with Crippen molar-refractivity contribution in [2.45, 2.75) is 45.6 Å². The molecule has 1 N–H and O–H groups in total. The van der Waals surface area contributed by atoms with Gasteiger partial charge in [0.2, 0.25) is 5.78 Å². The molecule has 0 aromatic heterocycles. The number of carbonyl (C=O) groups excluding carboxylic acids is 1. The molecule has 1 unspecified atom stereocenters. The van der Waals surface area contributed by atoms with Gasteiger partial charge >= 0.3 is 5.92 Å². The second kappa shape index (κ2) is 3.61. The van der Waals surface area contributed by atoms with E-state index < -0.39 is 17.8 Å². The van der Waals surface area contributed by atoms with E-state index in [2.05, 4.69) is 0 Å². The lowest BCUT2D eigenvalue weighted by Gasteiger charge is -2.34. The SMILES string of the molecule is CC(=O)C(F)(F)C(O)C1=C[C@H]2C[C@@H]1C(C)(C)C2. The number of hydrogen-bond acceptors (Lipinski definition) is 2. The van der Waals surface area contributed by atoms with Crippen molar-refractivity contribution >= 4 is 5.78 Å². The Labute approximate surface area is 99.7 Å². The van der Waals surface area contributed by atoms with Crippen molar-refractivity contribution in [3.63, 3.8) is 0 Å². The number of allylic oxidation sites excluding steroid dienone is 1. The Bertz CT molecular complexity index is 385. The molecule has 1 fully saturated rings. The Morgan fingerprint density at radius 1 is 1.59 bits per heavy atom. The summed E-state index contributed by atoms with van der Waals surface area (Å²) in [4.78, 5) is 10.9. The molecule has 3 atom stereocenters. The quantitative estimate of drug-likeness (QED) is 0.775. The van der Waals surface area contributed by atoms with Gasteiger partial charge < -0.3 is 5.11 Å². The van der Waals surface area contributed by atoms with E-state index in [4.69, 9.17) is 0 Å². The highest BCUT2D eigenvalue weighted by atomic mass is 19.3. The van der Waals surface area contributed by atoms with Crippen LogP contribution in [0.1, 0.15) is 33.6 Å². The van der Waals surface area contributed by atoms with E-state index in [0.29, 0.717) is 5.57 Å². The van der Waals surface area contributed by atoms with Gasteiger partial charge in [-0.1, -0.05) is 19.9 Å². The fourth-order valence-corrected chi connectivity index (χ4v) is 3.31. The molecule has 0 radical (unpaired) electrons. The number of alkyl halides is 2. The summed E-state index contributed by atoms with van der Waals surface area (Å²) in [6.07, 6.45) is 1.60. The summed E-state index contributed by atoms with van der Waals surface area (Å²) >= 11 is 0. The summed E-state index contributed by atoms with van der Waals surface area (Å²) in [5, 5.41) is 9.76. The van der Waals surface area contributed by atoms with Gasteiger partial charge in [-0.15, -0.1) is 0 Å². The predicted molar refractivity (Wildman–Crippen MR) is 59.7 cm³/mol. The first kappa shape index (κ1) is 12.7. The number of ketones is 1. The van der Waals surface area contributed by atoms with Crippen LogP contribution in [0.25, 0.3) is 0 Å². The van der Waals surface area contributed by atoms with E-state index in [1.54, 1.807) is 6.08 Å². The van der Waals surface area contributed by atoms with Gasteiger partial charge in [-0.3, -0.25) is 4.79 Å². The van der Waals surface area contributed by atoms with Crippen molar-refractivity contribution in [1.29, 1.82) is 0 Å². The van der Waals surface area contributed by atoms with Crippen LogP contribution in [0.2, 0.25) is 0 Å². The van der Waals surface area contributed by atoms with Gasteiger partial charge in [0.15, 0.2) is 0 Å². The zero-order valence-corrected chi connectivity index (χ0v) is 10.3. The van der Waals surface area contributed by atoms with Crippen LogP contribution in [0, 0.1) is 17.3 Å². The van der Waals surface area contributed by atoms with Gasteiger partial charge in [0.25, 0.3) is 0 Å². The average Bonchev–Trinajstić information content (AvgIpc) is 2.71. The van der Waals surface area contributed by atoms with Crippen molar-refractivity contribution in [3.05, 3.63) is 11.6 Å². The van der Waals surface area contributed by atoms with Crippen LogP contribution >= 0.6 is 0 Å². The van der Waals surface area contributed by atoms with E-state index >= 15 is 0 Å². The van der Waals surface area contributed by atoms with Crippen LogP contribution in [0.3, 0.4) is 0 Å². The molecule has 0 aliphatic heterocycles. The minimum Gasteiger partial charge on any atom is -0.382 e. The Hall–Kier alpha value is -0.770. The Kier molecular flexibility index (Phi) is 2.69. The summed E-state index contributed by atoms with van der Waals surface area (Å²) in [5.41, 5.74) is 0.314. The summed E-state index contributed by atoms with van der Waals surface area (Å²) in [6, 6.07) is 0. The molecule has 2 nitrogen and oxygen atoms in total. The smallest absolute Gasteiger partial charge is 0.333 e. The fraction of sp³-hybridized carbons (Fsp3) is 0.769. The third-order valence-electron chi connectivity index (χ3n) is 4.23. The highest BCUT2D eigenvalue weighted by Crippen LogP contribution is 2.56. The minimum atomic E-state index is -3.66. The average molecular weight is 244 g/mol. The number of fused-ring (bicyclic) bond motifs is 2. The predicted octanol–water partition coefficient (Wildman–Crippen LogP) is 2.56. The van der Waals surface area contributed by atoms with Crippen LogP contribution in [-0.2, 0) is 4.79 Å². The van der Waals surface area contributed by atoms with E-state index in [1.165, 1.54) is 0 Å². The molecule has 2 aliphatic carbocycles. The monoisotopic (exact) mass is 244 g/mol. The van der Waals surface area contributed by atoms with Crippen molar-refractivity contribution < 1.29 is 18.7 Å². The van der Waals surface area contributed by atoms with Crippen LogP contribution in [-0.4, -0.2) is 22.9 Å². The Balaban J connectivity index is 2.26. The number of carbonyl (C=O) groups is 1. The standard InChI is InChI=1S/C13H18F2O2/c1-7(16)13(14,15)11(17)9-4-8-5-10(9)12(2,3)6-8/h4,8,10-11,17H,5-6H2,1-3H3/t8-,10-,11?/m0/s1. The topological polar surface area (TPSA) is 37.3 Å². The molecule has 4 heteroatoms. The van der Waals surface area contributed by atoms with E-state index in [1.807, 2.05) is 13.8 Å². The number of Topliss-reactive ketones (excluding diaryl/α,β-unsaturated/α-hetero) is 1. The van der Waals surface area contributed by atoms with Crippen LogP contribution in [0.15, 0.2) is 11.6 Å². The molecule has 0 aromatic rings. The van der Waals surface area contributed by atoms with Crippen molar-refractivity contribution in [2.75, 3.05) is 0 Å². The first-order chi connectivity index (χ1) is 7.66. The van der Waals surface area contributed by atoms with Gasteiger partial charge in [-0.25, -0.2) is 0 Å². The largest absolute Gasteiger partial charge is 0.382 e. The molecule has 2 aliphatic rings. The third kappa shape index (κ3) is 1.82. The summed E-state index contributed by atoms with van der Waals surface area (Å²) < 4.78 is 27.1. The second-order valence-corrected chi connectivity index (χ2v) is 5.99. The van der Waals surface area contributed by atoms with Crippen LogP contribution in [0.5, 0.6) is 0 Å². The Morgan fingerprint density at radius 2 is 2.18 bits per heavy atom. The number of hydrogen-bond donors (Lipinski definition) is 1. The molecular formula is C13H18F2O2. The number of halogens is 2. The summed E-state index contributed by atoms with van der Waals surface area (Å²) in [5.74, 6) is -4.67. The summed E-state index contributed by atoms with van der Waals surface area (Å²) in [6.45, 7) is 4.88. The molecule has 0 heterocycles. The van der Waals surface area contributed by atoms with Gasteiger partial charge in [0, 0.05) is 6.92 Å².